The Kier molecular flexibility index (Phi) is 5.87. The Morgan fingerprint density at radius 3 is 2.87 bits per heavy atom. The van der Waals surface area contributed by atoms with E-state index in [0.717, 1.165) is 56.5 Å². The number of carbonyl (C=O) groups excluding carboxylic acids is 1. The minimum atomic E-state index is -4.44. The topological polar surface area (TPSA) is 53.0 Å². The lowest BCUT2D eigenvalue weighted by Gasteiger charge is -2.60. The largest absolute Gasteiger partial charge is 0.504 e. The zero-order chi connectivity index (χ0) is 26.8. The fourth-order valence-electron chi connectivity index (χ4n) is 7.65. The molecular weight excluding hydrogens is 493 g/mol. The summed E-state index contributed by atoms with van der Waals surface area (Å²) in [6, 6.07) is 8.77. The molecule has 2 unspecified atom stereocenters. The first-order valence-electron chi connectivity index (χ1n) is 13.1. The second-order valence-corrected chi connectivity index (χ2v) is 11.0. The molecule has 1 N–H and O–H groups in total. The van der Waals surface area contributed by atoms with Crippen LogP contribution in [0, 0.1) is 5.92 Å². The molecule has 5 atom stereocenters. The molecule has 1 spiro atoms. The van der Waals surface area contributed by atoms with Gasteiger partial charge >= 0.3 is 6.18 Å². The Hall–Kier alpha value is -3.26. The lowest BCUT2D eigenvalue weighted by molar-refractivity contribution is -0.137. The van der Waals surface area contributed by atoms with Crippen LogP contribution in [0.2, 0.25) is 0 Å². The fraction of sp³-hybridized carbons (Fsp3) is 0.433. The van der Waals surface area contributed by atoms with Gasteiger partial charge in [0.1, 0.15) is 6.10 Å². The van der Waals surface area contributed by atoms with E-state index in [1.807, 2.05) is 12.1 Å². The third-order valence-electron chi connectivity index (χ3n) is 9.24. The van der Waals surface area contributed by atoms with Crippen molar-refractivity contribution in [1.29, 1.82) is 0 Å². The first kappa shape index (κ1) is 25.0. The average Bonchev–Trinajstić information content (AvgIpc) is 3.25. The number of hydrogen-bond donors (Lipinski definition) is 1. The number of likely N-dealkylation sites (N-methyl/N-ethyl adjacent to an activating group) is 1. The Bertz CT molecular complexity index is 1320. The lowest BCUT2D eigenvalue weighted by Crippen LogP contribution is -2.68. The van der Waals surface area contributed by atoms with Crippen molar-refractivity contribution in [1.82, 2.24) is 9.80 Å². The maximum atomic E-state index is 13.3. The van der Waals surface area contributed by atoms with Crippen molar-refractivity contribution in [3.8, 4) is 11.5 Å². The van der Waals surface area contributed by atoms with Gasteiger partial charge in [-0.1, -0.05) is 24.3 Å². The molecule has 2 bridgehead atoms. The van der Waals surface area contributed by atoms with Crippen LogP contribution in [0.3, 0.4) is 0 Å². The Labute approximate surface area is 220 Å². The molecule has 1 amide bonds. The van der Waals surface area contributed by atoms with E-state index in [9.17, 15) is 23.1 Å². The summed E-state index contributed by atoms with van der Waals surface area (Å²) in [4.78, 5) is 17.5. The van der Waals surface area contributed by atoms with Gasteiger partial charge in [-0.25, -0.2) is 0 Å². The van der Waals surface area contributed by atoms with Gasteiger partial charge in [0, 0.05) is 36.7 Å². The van der Waals surface area contributed by atoms with E-state index in [0.29, 0.717) is 23.3 Å². The molecule has 200 valence electrons. The standard InChI is InChI=1S/C30H31F3N2O3/c1-3-14-35-15-13-29-21-9-10-22(28(29)38-27-24(36)11-8-19(26(27)29)17-23(21)35)34(2)25(37)12-7-18-5-4-6-20(16-18)30(31,32)33/h3-8,11-12,16,21-23,28,36H,1,9-10,13-15,17H2,2H3/b12-7+/t21-,22?,23+,28?,29-/m0/s1. The molecule has 1 saturated carbocycles. The number of benzene rings is 2. The van der Waals surface area contributed by atoms with Gasteiger partial charge in [0.25, 0.3) is 0 Å². The summed E-state index contributed by atoms with van der Waals surface area (Å²) < 4.78 is 45.9. The SMILES string of the molecule is C=CCN1CC[C@]23c4c5ccc(O)c4OC2C(N(C)C(=O)/C=C/c2cccc(C(F)(F)F)c2)CC[C@H]3[C@H]1C5. The van der Waals surface area contributed by atoms with Crippen LogP contribution in [-0.4, -0.2) is 59.1 Å². The van der Waals surface area contributed by atoms with Crippen LogP contribution in [0.25, 0.3) is 6.08 Å². The molecule has 5 nitrogen and oxygen atoms in total. The number of phenols is 1. The Balaban J connectivity index is 1.31. The molecule has 2 fully saturated rings. The summed E-state index contributed by atoms with van der Waals surface area (Å²) in [6.45, 7) is 5.66. The number of hydrogen-bond acceptors (Lipinski definition) is 4. The molecule has 4 aliphatic rings. The number of phenolic OH excluding ortho intramolecular Hbond substituents is 1. The van der Waals surface area contributed by atoms with Crippen LogP contribution in [0.4, 0.5) is 13.2 Å². The number of amides is 1. The van der Waals surface area contributed by atoms with E-state index in [2.05, 4.69) is 11.5 Å². The van der Waals surface area contributed by atoms with Crippen molar-refractivity contribution in [3.05, 3.63) is 77.4 Å². The third kappa shape index (κ3) is 3.67. The molecule has 2 heterocycles. The zero-order valence-corrected chi connectivity index (χ0v) is 21.2. The van der Waals surface area contributed by atoms with E-state index >= 15 is 0 Å². The minimum Gasteiger partial charge on any atom is -0.504 e. The van der Waals surface area contributed by atoms with Crippen LogP contribution < -0.4 is 4.74 Å². The number of alkyl halides is 3. The normalized spacial score (nSPS) is 29.6. The highest BCUT2D eigenvalue weighted by atomic mass is 19.4. The average molecular weight is 525 g/mol. The number of likely N-dealkylation sites (tertiary alicyclic amines) is 1. The number of aromatic hydroxyl groups is 1. The molecular formula is C30H31F3N2O3. The predicted octanol–water partition coefficient (Wildman–Crippen LogP) is 5.18. The Morgan fingerprint density at radius 2 is 2.11 bits per heavy atom. The van der Waals surface area contributed by atoms with E-state index < -0.39 is 11.7 Å². The van der Waals surface area contributed by atoms with Gasteiger partial charge in [-0.15, -0.1) is 6.58 Å². The van der Waals surface area contributed by atoms with E-state index in [-0.39, 0.29) is 29.2 Å². The second-order valence-electron chi connectivity index (χ2n) is 11.0. The maximum absolute atomic E-state index is 13.3. The monoisotopic (exact) mass is 524 g/mol. The third-order valence-corrected chi connectivity index (χ3v) is 9.24. The number of rotatable bonds is 5. The van der Waals surface area contributed by atoms with Gasteiger partial charge in [-0.05, 0) is 73.5 Å². The van der Waals surface area contributed by atoms with Gasteiger partial charge in [0.2, 0.25) is 5.91 Å². The summed E-state index contributed by atoms with van der Waals surface area (Å²) in [6.07, 6.45) is 3.41. The van der Waals surface area contributed by atoms with E-state index in [1.165, 1.54) is 23.8 Å². The van der Waals surface area contributed by atoms with Gasteiger partial charge in [-0.3, -0.25) is 9.69 Å². The molecule has 6 rings (SSSR count). The van der Waals surface area contributed by atoms with Crippen molar-refractivity contribution in [2.24, 2.45) is 5.92 Å². The fourth-order valence-corrected chi connectivity index (χ4v) is 7.65. The van der Waals surface area contributed by atoms with Gasteiger partial charge in [0.15, 0.2) is 11.5 Å². The van der Waals surface area contributed by atoms with Crippen molar-refractivity contribution in [2.45, 2.75) is 55.5 Å². The quantitative estimate of drug-likeness (QED) is 0.433. The predicted molar refractivity (Wildman–Crippen MR) is 138 cm³/mol. The summed E-state index contributed by atoms with van der Waals surface area (Å²) in [5, 5.41) is 10.7. The van der Waals surface area contributed by atoms with Crippen LogP contribution in [-0.2, 0) is 22.8 Å². The van der Waals surface area contributed by atoms with Gasteiger partial charge in [-0.2, -0.15) is 13.2 Å². The number of nitrogens with zero attached hydrogens (tertiary/aromatic N) is 2. The smallest absolute Gasteiger partial charge is 0.416 e. The molecule has 2 aliphatic heterocycles. The highest BCUT2D eigenvalue weighted by Gasteiger charge is 2.66. The summed E-state index contributed by atoms with van der Waals surface area (Å²) in [7, 11) is 1.74. The summed E-state index contributed by atoms with van der Waals surface area (Å²) >= 11 is 0. The second kappa shape index (κ2) is 8.90. The summed E-state index contributed by atoms with van der Waals surface area (Å²) in [5.74, 6) is 0.746. The molecule has 2 aromatic rings. The number of carbonyl (C=O) groups is 1. The van der Waals surface area contributed by atoms with Gasteiger partial charge in [0.05, 0.1) is 11.6 Å². The maximum Gasteiger partial charge on any atom is 0.416 e. The van der Waals surface area contributed by atoms with E-state index in [4.69, 9.17) is 4.74 Å². The highest BCUT2D eigenvalue weighted by molar-refractivity contribution is 5.92. The number of halogens is 3. The first-order valence-corrected chi connectivity index (χ1v) is 13.1. The summed E-state index contributed by atoms with van der Waals surface area (Å²) in [5.41, 5.74) is 1.60. The van der Waals surface area contributed by atoms with Crippen LogP contribution in [0.1, 0.15) is 41.5 Å². The lowest BCUT2D eigenvalue weighted by atomic mass is 9.51. The molecule has 8 heteroatoms. The van der Waals surface area contributed by atoms with Crippen molar-refractivity contribution < 1.29 is 27.8 Å². The molecule has 2 aliphatic carbocycles. The van der Waals surface area contributed by atoms with Crippen molar-refractivity contribution >= 4 is 12.0 Å². The Morgan fingerprint density at radius 1 is 1.29 bits per heavy atom. The van der Waals surface area contributed by atoms with Crippen LogP contribution in [0.5, 0.6) is 11.5 Å². The van der Waals surface area contributed by atoms with Crippen molar-refractivity contribution in [3.63, 3.8) is 0 Å². The zero-order valence-electron chi connectivity index (χ0n) is 21.2. The van der Waals surface area contributed by atoms with E-state index in [1.54, 1.807) is 24.1 Å². The van der Waals surface area contributed by atoms with Gasteiger partial charge < -0.3 is 14.7 Å². The number of piperidine rings is 1. The van der Waals surface area contributed by atoms with Crippen molar-refractivity contribution in [2.75, 3.05) is 20.1 Å². The molecule has 38 heavy (non-hydrogen) atoms. The molecule has 0 aromatic heterocycles. The highest BCUT2D eigenvalue weighted by Crippen LogP contribution is 2.64. The van der Waals surface area contributed by atoms with Crippen LogP contribution >= 0.6 is 0 Å². The molecule has 0 radical (unpaired) electrons. The number of ether oxygens (including phenoxy) is 1. The molecule has 1 saturated heterocycles. The van der Waals surface area contributed by atoms with Crippen LogP contribution in [0.15, 0.2) is 55.1 Å². The minimum absolute atomic E-state index is 0.135. The first-order chi connectivity index (χ1) is 18.1. The molecule has 2 aromatic carbocycles.